The first kappa shape index (κ1) is 32.3. The van der Waals surface area contributed by atoms with Crippen LogP contribution in [-0.4, -0.2) is 47.0 Å². The molecule has 9 nitrogen and oxygen atoms in total. The van der Waals surface area contributed by atoms with E-state index in [1.54, 1.807) is 16.8 Å². The molecule has 212 valence electrons. The molecule has 0 spiro atoms. The number of aromatic nitrogens is 3. The fraction of sp³-hybridized carbons (Fsp3) is 0.375. The van der Waals surface area contributed by atoms with Gasteiger partial charge in [-0.1, -0.05) is 35.9 Å². The average molecular weight is 649 g/mol. The highest BCUT2D eigenvalue weighted by Crippen LogP contribution is 2.63. The van der Waals surface area contributed by atoms with Crippen LogP contribution in [0.2, 0.25) is 5.02 Å². The van der Waals surface area contributed by atoms with Gasteiger partial charge in [0.2, 0.25) is 5.16 Å². The Hall–Kier alpha value is -1.17. The van der Waals surface area contributed by atoms with Crippen molar-refractivity contribution in [2.45, 2.75) is 39.8 Å². The summed E-state index contributed by atoms with van der Waals surface area (Å²) in [6.07, 6.45) is 0. The van der Waals surface area contributed by atoms with Crippen molar-refractivity contribution in [3.05, 3.63) is 59.1 Å². The van der Waals surface area contributed by atoms with E-state index in [-0.39, 0.29) is 0 Å². The van der Waals surface area contributed by atoms with Gasteiger partial charge in [0.25, 0.3) is 5.69 Å². The lowest BCUT2D eigenvalue weighted by Gasteiger charge is -2.22. The standard InChI is InChI=1S/C24H31ClN4O5P2S3/c1-6-30-35(37,31-7-2)34-22-17-13-11-14-19(22)18(5)28-29-23(20-15-10-12-16-21(20)25)26-27-24(29)39-36(38,32-8-3)33-9-4/h10-17H,6-9H2,1-5H3/b28-18+. The third-order valence-electron chi connectivity index (χ3n) is 4.81. The molecule has 1 heterocycles. The number of hydrogen-bond donors (Lipinski definition) is 0. The number of rotatable bonds is 15. The van der Waals surface area contributed by atoms with Crippen molar-refractivity contribution >= 4 is 64.7 Å². The Morgan fingerprint density at radius 2 is 1.49 bits per heavy atom. The van der Waals surface area contributed by atoms with Crippen LogP contribution in [0.3, 0.4) is 0 Å². The van der Waals surface area contributed by atoms with Gasteiger partial charge in [0.1, 0.15) is 5.75 Å². The van der Waals surface area contributed by atoms with Crippen molar-refractivity contribution in [1.82, 2.24) is 14.9 Å². The van der Waals surface area contributed by atoms with Crippen LogP contribution < -0.4 is 4.52 Å². The van der Waals surface area contributed by atoms with Gasteiger partial charge < -0.3 is 13.6 Å². The maximum absolute atomic E-state index is 6.53. The van der Waals surface area contributed by atoms with Gasteiger partial charge in [0.15, 0.2) is 5.82 Å². The summed E-state index contributed by atoms with van der Waals surface area (Å²) in [5, 5.41) is 14.6. The lowest BCUT2D eigenvalue weighted by Crippen LogP contribution is -2.07. The number of para-hydroxylation sites is 1. The molecule has 3 rings (SSSR count). The molecule has 0 aliphatic carbocycles. The maximum Gasteiger partial charge on any atom is 0.380 e. The molecule has 0 atom stereocenters. The van der Waals surface area contributed by atoms with Crippen LogP contribution >= 0.6 is 35.4 Å². The maximum atomic E-state index is 6.53. The number of nitrogens with zero attached hydrogens (tertiary/aromatic N) is 4. The minimum atomic E-state index is -3.01. The van der Waals surface area contributed by atoms with Gasteiger partial charge in [0.05, 0.1) is 37.2 Å². The molecule has 0 saturated carbocycles. The summed E-state index contributed by atoms with van der Waals surface area (Å²) in [4.78, 5) is 0. The van der Waals surface area contributed by atoms with Crippen LogP contribution in [0.1, 0.15) is 40.2 Å². The van der Waals surface area contributed by atoms with Crippen LogP contribution in [-0.2, 0) is 41.7 Å². The normalized spacial score (nSPS) is 12.6. The van der Waals surface area contributed by atoms with E-state index in [2.05, 4.69) is 10.2 Å². The Kier molecular flexibility index (Phi) is 12.6. The fourth-order valence-electron chi connectivity index (χ4n) is 3.30. The Labute approximate surface area is 248 Å². The topological polar surface area (TPSA) is 89.2 Å². The van der Waals surface area contributed by atoms with E-state index in [0.29, 0.717) is 65.0 Å². The van der Waals surface area contributed by atoms with Crippen LogP contribution in [0.25, 0.3) is 11.4 Å². The Bertz CT molecular complexity index is 1370. The number of hydrogen-bond acceptors (Lipinski definition) is 11. The first-order valence-electron chi connectivity index (χ1n) is 12.2. The molecular weight excluding hydrogens is 618 g/mol. The molecule has 0 aliphatic rings. The Morgan fingerprint density at radius 1 is 0.897 bits per heavy atom. The van der Waals surface area contributed by atoms with Crippen molar-refractivity contribution in [2.75, 3.05) is 26.4 Å². The van der Waals surface area contributed by atoms with Crippen molar-refractivity contribution in [3.63, 3.8) is 0 Å². The lowest BCUT2D eigenvalue weighted by molar-refractivity contribution is 0.218. The molecule has 0 aliphatic heterocycles. The molecule has 15 heteroatoms. The predicted octanol–water partition coefficient (Wildman–Crippen LogP) is 7.94. The predicted molar refractivity (Wildman–Crippen MR) is 166 cm³/mol. The molecule has 39 heavy (non-hydrogen) atoms. The lowest BCUT2D eigenvalue weighted by atomic mass is 10.1. The molecular formula is C24H31ClN4O5P2S3. The van der Waals surface area contributed by atoms with Gasteiger partial charge in [0, 0.05) is 34.3 Å². The summed E-state index contributed by atoms with van der Waals surface area (Å²) >= 11 is 19.1. The van der Waals surface area contributed by atoms with Crippen LogP contribution in [0.4, 0.5) is 0 Å². The first-order chi connectivity index (χ1) is 18.7. The average Bonchev–Trinajstić information content (AvgIpc) is 3.26. The van der Waals surface area contributed by atoms with Gasteiger partial charge in [-0.3, -0.25) is 9.05 Å². The van der Waals surface area contributed by atoms with Gasteiger partial charge in [-0.15, -0.1) is 10.2 Å². The zero-order valence-electron chi connectivity index (χ0n) is 22.3. The SMILES string of the molecule is CCOP(=S)(OCC)Oc1ccccc1/C(C)=N/n1c(SP(=S)(OCC)OCC)nnc1-c1ccccc1Cl. The molecule has 0 N–H and O–H groups in total. The molecule has 1 aromatic heterocycles. The molecule has 0 saturated heterocycles. The van der Waals surface area contributed by atoms with E-state index >= 15 is 0 Å². The minimum absolute atomic E-state index is 0.362. The molecule has 0 unspecified atom stereocenters. The van der Waals surface area contributed by atoms with Crippen molar-refractivity contribution in [3.8, 4) is 17.1 Å². The van der Waals surface area contributed by atoms with Crippen molar-refractivity contribution in [2.24, 2.45) is 5.10 Å². The van der Waals surface area contributed by atoms with E-state index in [1.807, 2.05) is 71.0 Å². The van der Waals surface area contributed by atoms with E-state index in [1.165, 1.54) is 11.4 Å². The second kappa shape index (κ2) is 15.2. The third kappa shape index (κ3) is 8.66. The van der Waals surface area contributed by atoms with Crippen LogP contribution in [0, 0.1) is 0 Å². The minimum Gasteiger partial charge on any atom is -0.423 e. The molecule has 0 fully saturated rings. The molecule has 0 bridgehead atoms. The Balaban J connectivity index is 2.14. The molecule has 0 amide bonds. The Morgan fingerprint density at radius 3 is 2.10 bits per heavy atom. The molecule has 0 radical (unpaired) electrons. The van der Waals surface area contributed by atoms with E-state index in [0.717, 1.165) is 0 Å². The van der Waals surface area contributed by atoms with Crippen molar-refractivity contribution < 1.29 is 22.6 Å². The van der Waals surface area contributed by atoms with Crippen LogP contribution in [0.5, 0.6) is 5.75 Å². The van der Waals surface area contributed by atoms with Gasteiger partial charge in [-0.2, -0.15) is 9.78 Å². The van der Waals surface area contributed by atoms with E-state index in [4.69, 9.17) is 62.9 Å². The summed E-state index contributed by atoms with van der Waals surface area (Å²) in [6.45, 7) is 7.77. The van der Waals surface area contributed by atoms with E-state index < -0.39 is 12.4 Å². The zero-order valence-corrected chi connectivity index (χ0v) is 27.3. The highest BCUT2D eigenvalue weighted by molar-refractivity contribution is 8.67. The first-order valence-corrected chi connectivity index (χ1v) is 19.2. The second-order valence-electron chi connectivity index (χ2n) is 7.53. The summed E-state index contributed by atoms with van der Waals surface area (Å²) in [5.41, 5.74) is -0.829. The smallest absolute Gasteiger partial charge is 0.380 e. The highest BCUT2D eigenvalue weighted by atomic mass is 35.5. The summed E-state index contributed by atoms with van der Waals surface area (Å²) in [6, 6.07) is 14.7. The molecule has 2 aromatic carbocycles. The number of benzene rings is 2. The fourth-order valence-corrected chi connectivity index (χ4v) is 10.0. The summed E-state index contributed by atoms with van der Waals surface area (Å²) < 4.78 is 30.8. The quantitative estimate of drug-likeness (QED) is 0.120. The number of halogens is 1. The summed E-state index contributed by atoms with van der Waals surface area (Å²) in [7, 11) is 0. The van der Waals surface area contributed by atoms with Gasteiger partial charge in [-0.05, 0) is 70.7 Å². The van der Waals surface area contributed by atoms with Crippen LogP contribution in [0.15, 0.2) is 58.8 Å². The van der Waals surface area contributed by atoms with E-state index in [9.17, 15) is 0 Å². The summed E-state index contributed by atoms with van der Waals surface area (Å²) in [5.74, 6) is 0.920. The van der Waals surface area contributed by atoms with Gasteiger partial charge in [-0.25, -0.2) is 0 Å². The third-order valence-corrected chi connectivity index (χ3v) is 12.4. The zero-order chi connectivity index (χ0) is 28.5. The highest BCUT2D eigenvalue weighted by Gasteiger charge is 2.27. The molecule has 3 aromatic rings. The van der Waals surface area contributed by atoms with Crippen molar-refractivity contribution in [1.29, 1.82) is 0 Å². The monoisotopic (exact) mass is 648 g/mol. The van der Waals surface area contributed by atoms with Gasteiger partial charge >= 0.3 is 6.72 Å². The largest absolute Gasteiger partial charge is 0.423 e. The second-order valence-corrected chi connectivity index (χ2v) is 17.0.